The van der Waals surface area contributed by atoms with Crippen molar-refractivity contribution in [1.82, 2.24) is 5.32 Å². The van der Waals surface area contributed by atoms with E-state index in [1.807, 2.05) is 11.8 Å². The summed E-state index contributed by atoms with van der Waals surface area (Å²) in [4.78, 5) is 12.0. The van der Waals surface area contributed by atoms with E-state index in [0.29, 0.717) is 10.8 Å². The summed E-state index contributed by atoms with van der Waals surface area (Å²) in [7, 11) is 0. The Bertz CT molecular complexity index is 483. The first-order chi connectivity index (χ1) is 10.1. The standard InChI is InChI=1S/C16H22FNO2S/c1-21-14-7-3-6-13(9-14)18-16(20)10-15(19)11-4-2-5-12(17)8-11/h2,4-5,8,13-15,19H,3,6-7,9-10H2,1H3,(H,18,20). The van der Waals surface area contributed by atoms with Crippen LogP contribution in [0.5, 0.6) is 0 Å². The second kappa shape index (κ2) is 7.80. The van der Waals surface area contributed by atoms with E-state index < -0.39 is 11.9 Å². The number of carbonyl (C=O) groups is 1. The Morgan fingerprint density at radius 2 is 2.33 bits per heavy atom. The zero-order valence-corrected chi connectivity index (χ0v) is 13.0. The highest BCUT2D eigenvalue weighted by Crippen LogP contribution is 2.27. The van der Waals surface area contributed by atoms with Crippen LogP contribution in [0.2, 0.25) is 0 Å². The van der Waals surface area contributed by atoms with Crippen molar-refractivity contribution in [3.8, 4) is 0 Å². The molecule has 3 nitrogen and oxygen atoms in total. The molecular weight excluding hydrogens is 289 g/mol. The zero-order valence-electron chi connectivity index (χ0n) is 12.2. The third-order valence-electron chi connectivity index (χ3n) is 3.94. The molecule has 1 amide bonds. The molecule has 0 bridgehead atoms. The summed E-state index contributed by atoms with van der Waals surface area (Å²) >= 11 is 1.85. The first-order valence-corrected chi connectivity index (χ1v) is 8.63. The number of aliphatic hydroxyl groups excluding tert-OH is 1. The Kier molecular flexibility index (Phi) is 6.06. The van der Waals surface area contributed by atoms with Crippen LogP contribution in [0.1, 0.15) is 43.8 Å². The minimum atomic E-state index is -0.958. The number of aliphatic hydroxyl groups is 1. The molecule has 116 valence electrons. The van der Waals surface area contributed by atoms with Crippen molar-refractivity contribution in [2.75, 3.05) is 6.26 Å². The molecular formula is C16H22FNO2S. The molecule has 5 heteroatoms. The zero-order chi connectivity index (χ0) is 15.2. The monoisotopic (exact) mass is 311 g/mol. The van der Waals surface area contributed by atoms with Crippen molar-refractivity contribution in [2.45, 2.75) is 49.5 Å². The van der Waals surface area contributed by atoms with Gasteiger partial charge in [0.2, 0.25) is 5.91 Å². The maximum absolute atomic E-state index is 13.1. The molecule has 1 aromatic carbocycles. The molecule has 0 spiro atoms. The van der Waals surface area contributed by atoms with E-state index in [4.69, 9.17) is 0 Å². The van der Waals surface area contributed by atoms with Gasteiger partial charge in [-0.2, -0.15) is 11.8 Å². The number of thioether (sulfide) groups is 1. The fourth-order valence-electron chi connectivity index (χ4n) is 2.78. The Morgan fingerprint density at radius 1 is 1.52 bits per heavy atom. The van der Waals surface area contributed by atoms with Gasteiger partial charge in [0.25, 0.3) is 0 Å². The van der Waals surface area contributed by atoms with Gasteiger partial charge in [0.15, 0.2) is 0 Å². The van der Waals surface area contributed by atoms with E-state index in [1.54, 1.807) is 6.07 Å². The summed E-state index contributed by atoms with van der Waals surface area (Å²) < 4.78 is 13.1. The molecule has 3 unspecified atom stereocenters. The predicted molar refractivity (Wildman–Crippen MR) is 83.7 cm³/mol. The Labute approximate surface area is 129 Å². The van der Waals surface area contributed by atoms with E-state index in [0.717, 1.165) is 19.3 Å². The molecule has 0 saturated heterocycles. The molecule has 1 fully saturated rings. The number of rotatable bonds is 5. The van der Waals surface area contributed by atoms with Gasteiger partial charge in [-0.25, -0.2) is 4.39 Å². The maximum Gasteiger partial charge on any atom is 0.223 e. The molecule has 2 rings (SSSR count). The van der Waals surface area contributed by atoms with E-state index in [-0.39, 0.29) is 18.4 Å². The highest BCUT2D eigenvalue weighted by molar-refractivity contribution is 7.99. The molecule has 1 aliphatic carbocycles. The molecule has 3 atom stereocenters. The summed E-state index contributed by atoms with van der Waals surface area (Å²) in [5.41, 5.74) is 0.441. The van der Waals surface area contributed by atoms with Crippen LogP contribution in [0.25, 0.3) is 0 Å². The van der Waals surface area contributed by atoms with Gasteiger partial charge in [-0.1, -0.05) is 18.6 Å². The molecule has 1 aromatic rings. The summed E-state index contributed by atoms with van der Waals surface area (Å²) in [5, 5.41) is 13.6. The third-order valence-corrected chi connectivity index (χ3v) is 5.03. The largest absolute Gasteiger partial charge is 0.388 e. The lowest BCUT2D eigenvalue weighted by molar-refractivity contribution is -0.124. The van der Waals surface area contributed by atoms with Crippen LogP contribution >= 0.6 is 11.8 Å². The average Bonchev–Trinajstić information content (AvgIpc) is 2.47. The van der Waals surface area contributed by atoms with Crippen LogP contribution in [0, 0.1) is 5.82 Å². The maximum atomic E-state index is 13.1. The van der Waals surface area contributed by atoms with E-state index >= 15 is 0 Å². The van der Waals surface area contributed by atoms with Crippen LogP contribution in [0.4, 0.5) is 4.39 Å². The second-order valence-electron chi connectivity index (χ2n) is 5.56. The number of hydrogen-bond acceptors (Lipinski definition) is 3. The van der Waals surface area contributed by atoms with Crippen molar-refractivity contribution in [2.24, 2.45) is 0 Å². The van der Waals surface area contributed by atoms with Gasteiger partial charge < -0.3 is 10.4 Å². The first kappa shape index (κ1) is 16.3. The van der Waals surface area contributed by atoms with Gasteiger partial charge in [0, 0.05) is 11.3 Å². The number of nitrogens with one attached hydrogen (secondary N) is 1. The van der Waals surface area contributed by atoms with Crippen molar-refractivity contribution < 1.29 is 14.3 Å². The van der Waals surface area contributed by atoms with E-state index in [1.165, 1.54) is 24.6 Å². The normalized spacial score (nSPS) is 23.6. The Balaban J connectivity index is 1.84. The van der Waals surface area contributed by atoms with Gasteiger partial charge in [0.1, 0.15) is 5.82 Å². The molecule has 1 aliphatic rings. The number of carbonyl (C=O) groups excluding carboxylic acids is 1. The number of amides is 1. The molecule has 1 saturated carbocycles. The number of hydrogen-bond donors (Lipinski definition) is 2. The second-order valence-corrected chi connectivity index (χ2v) is 6.70. The first-order valence-electron chi connectivity index (χ1n) is 7.34. The Hall–Kier alpha value is -1.07. The fraction of sp³-hybridized carbons (Fsp3) is 0.562. The van der Waals surface area contributed by atoms with Crippen molar-refractivity contribution in [3.63, 3.8) is 0 Å². The van der Waals surface area contributed by atoms with Crippen LogP contribution < -0.4 is 5.32 Å². The smallest absolute Gasteiger partial charge is 0.223 e. The van der Waals surface area contributed by atoms with E-state index in [2.05, 4.69) is 11.6 Å². The molecule has 0 aromatic heterocycles. The fourth-order valence-corrected chi connectivity index (χ4v) is 3.61. The molecule has 2 N–H and O–H groups in total. The van der Waals surface area contributed by atoms with Gasteiger partial charge >= 0.3 is 0 Å². The molecule has 0 aliphatic heterocycles. The van der Waals surface area contributed by atoms with Crippen molar-refractivity contribution >= 4 is 17.7 Å². The highest BCUT2D eigenvalue weighted by atomic mass is 32.2. The minimum Gasteiger partial charge on any atom is -0.388 e. The predicted octanol–water partition coefficient (Wildman–Crippen LogP) is 3.04. The average molecular weight is 311 g/mol. The van der Waals surface area contributed by atoms with Crippen molar-refractivity contribution in [3.05, 3.63) is 35.6 Å². The lowest BCUT2D eigenvalue weighted by Crippen LogP contribution is -2.39. The number of halogens is 1. The van der Waals surface area contributed by atoms with Crippen LogP contribution in [0.3, 0.4) is 0 Å². The summed E-state index contributed by atoms with van der Waals surface area (Å²) in [6.07, 6.45) is 5.44. The van der Waals surface area contributed by atoms with Gasteiger partial charge in [-0.3, -0.25) is 4.79 Å². The minimum absolute atomic E-state index is 0.0239. The highest BCUT2D eigenvalue weighted by Gasteiger charge is 2.23. The van der Waals surface area contributed by atoms with Crippen LogP contribution in [0.15, 0.2) is 24.3 Å². The lowest BCUT2D eigenvalue weighted by atomic mass is 9.94. The van der Waals surface area contributed by atoms with Crippen molar-refractivity contribution in [1.29, 1.82) is 0 Å². The lowest BCUT2D eigenvalue weighted by Gasteiger charge is -2.29. The summed E-state index contributed by atoms with van der Waals surface area (Å²) in [5.74, 6) is -0.569. The SMILES string of the molecule is CSC1CCCC(NC(=O)CC(O)c2cccc(F)c2)C1. The van der Waals surface area contributed by atoms with Gasteiger partial charge in [-0.15, -0.1) is 0 Å². The molecule has 0 radical (unpaired) electrons. The van der Waals surface area contributed by atoms with Gasteiger partial charge in [0.05, 0.1) is 12.5 Å². The Morgan fingerprint density at radius 3 is 3.05 bits per heavy atom. The van der Waals surface area contributed by atoms with Gasteiger partial charge in [-0.05, 0) is 43.2 Å². The number of benzene rings is 1. The topological polar surface area (TPSA) is 49.3 Å². The van der Waals surface area contributed by atoms with E-state index in [9.17, 15) is 14.3 Å². The van der Waals surface area contributed by atoms with Crippen LogP contribution in [-0.2, 0) is 4.79 Å². The molecule has 0 heterocycles. The summed E-state index contributed by atoms with van der Waals surface area (Å²) in [6, 6.07) is 5.95. The third kappa shape index (κ3) is 5.00. The quantitative estimate of drug-likeness (QED) is 0.879. The molecule has 21 heavy (non-hydrogen) atoms. The van der Waals surface area contributed by atoms with Crippen LogP contribution in [-0.4, -0.2) is 28.6 Å². The summed E-state index contributed by atoms with van der Waals surface area (Å²) in [6.45, 7) is 0.